The molecule has 0 bridgehead atoms. The van der Waals surface area contributed by atoms with Gasteiger partial charge in [-0.2, -0.15) is 0 Å². The maximum Gasteiger partial charge on any atom is 0.124 e. The van der Waals surface area contributed by atoms with E-state index < -0.39 is 0 Å². The standard InChI is InChI=1S/C15H15BrClNO/c1-2-19-15-6-4-3-5-11(15)10-18-14-9-12(16)7-8-13(14)17/h3-9,18H,2,10H2,1H3. The molecule has 0 fully saturated rings. The minimum atomic E-state index is 0.661. The smallest absolute Gasteiger partial charge is 0.124 e. The van der Waals surface area contributed by atoms with Crippen molar-refractivity contribution in [2.75, 3.05) is 11.9 Å². The van der Waals surface area contributed by atoms with Gasteiger partial charge >= 0.3 is 0 Å². The van der Waals surface area contributed by atoms with Gasteiger partial charge in [0.25, 0.3) is 0 Å². The molecule has 2 rings (SSSR count). The molecule has 0 aliphatic carbocycles. The zero-order chi connectivity index (χ0) is 13.7. The van der Waals surface area contributed by atoms with Crippen LogP contribution in [0.5, 0.6) is 5.75 Å². The quantitative estimate of drug-likeness (QED) is 0.816. The van der Waals surface area contributed by atoms with Crippen molar-refractivity contribution >= 4 is 33.2 Å². The Hall–Kier alpha value is -1.19. The Morgan fingerprint density at radius 2 is 2.00 bits per heavy atom. The third-order valence-corrected chi connectivity index (χ3v) is 3.49. The molecule has 1 N–H and O–H groups in total. The average Bonchev–Trinajstić information content (AvgIpc) is 2.42. The van der Waals surface area contributed by atoms with Gasteiger partial charge in [0.15, 0.2) is 0 Å². The Balaban J connectivity index is 2.12. The second-order valence-corrected chi connectivity index (χ2v) is 5.34. The van der Waals surface area contributed by atoms with Gasteiger partial charge in [-0.15, -0.1) is 0 Å². The number of para-hydroxylation sites is 1. The molecule has 0 spiro atoms. The molecule has 0 aliphatic heterocycles. The minimum absolute atomic E-state index is 0.661. The van der Waals surface area contributed by atoms with Crippen LogP contribution in [0, 0.1) is 0 Å². The van der Waals surface area contributed by atoms with E-state index in [4.69, 9.17) is 16.3 Å². The number of halogens is 2. The number of ether oxygens (including phenoxy) is 1. The molecule has 0 aliphatic rings. The van der Waals surface area contributed by atoms with Gasteiger partial charge in [-0.1, -0.05) is 45.7 Å². The van der Waals surface area contributed by atoms with Gasteiger partial charge in [0.05, 0.1) is 17.3 Å². The molecular weight excluding hydrogens is 326 g/mol. The molecule has 4 heteroatoms. The van der Waals surface area contributed by atoms with Crippen LogP contribution in [0.15, 0.2) is 46.9 Å². The van der Waals surface area contributed by atoms with Crippen LogP contribution in [-0.4, -0.2) is 6.61 Å². The van der Waals surface area contributed by atoms with Crippen LogP contribution in [0.1, 0.15) is 12.5 Å². The second kappa shape index (κ2) is 6.83. The van der Waals surface area contributed by atoms with Gasteiger partial charge in [-0.05, 0) is 31.2 Å². The Kier molecular flexibility index (Phi) is 5.11. The summed E-state index contributed by atoms with van der Waals surface area (Å²) >= 11 is 9.59. The first-order valence-corrected chi connectivity index (χ1v) is 7.27. The molecule has 0 saturated carbocycles. The molecule has 0 amide bonds. The summed E-state index contributed by atoms with van der Waals surface area (Å²) in [6.07, 6.45) is 0. The number of rotatable bonds is 5. The van der Waals surface area contributed by atoms with Gasteiger partial charge in [0.1, 0.15) is 5.75 Å². The van der Waals surface area contributed by atoms with Crippen molar-refractivity contribution in [1.29, 1.82) is 0 Å². The number of hydrogen-bond acceptors (Lipinski definition) is 2. The van der Waals surface area contributed by atoms with Crippen molar-refractivity contribution in [2.45, 2.75) is 13.5 Å². The summed E-state index contributed by atoms with van der Waals surface area (Å²) in [5.41, 5.74) is 2.02. The van der Waals surface area contributed by atoms with Crippen LogP contribution in [0.3, 0.4) is 0 Å². The summed E-state index contributed by atoms with van der Waals surface area (Å²) in [7, 11) is 0. The zero-order valence-corrected chi connectivity index (χ0v) is 13.0. The van der Waals surface area contributed by atoms with Crippen LogP contribution in [0.4, 0.5) is 5.69 Å². The lowest BCUT2D eigenvalue weighted by atomic mass is 10.2. The normalized spacial score (nSPS) is 10.3. The van der Waals surface area contributed by atoms with Crippen LogP contribution in [0.2, 0.25) is 5.02 Å². The van der Waals surface area contributed by atoms with Crippen LogP contribution < -0.4 is 10.1 Å². The Labute approximate surface area is 126 Å². The Morgan fingerprint density at radius 1 is 1.21 bits per heavy atom. The summed E-state index contributed by atoms with van der Waals surface area (Å²) in [5, 5.41) is 4.03. The highest BCUT2D eigenvalue weighted by Crippen LogP contribution is 2.27. The highest BCUT2D eigenvalue weighted by Gasteiger charge is 2.04. The van der Waals surface area contributed by atoms with Crippen LogP contribution in [-0.2, 0) is 6.54 Å². The van der Waals surface area contributed by atoms with Gasteiger partial charge in [-0.3, -0.25) is 0 Å². The lowest BCUT2D eigenvalue weighted by molar-refractivity contribution is 0.337. The van der Waals surface area contributed by atoms with Crippen LogP contribution in [0.25, 0.3) is 0 Å². The third kappa shape index (κ3) is 3.88. The molecule has 19 heavy (non-hydrogen) atoms. The molecular formula is C15H15BrClNO. The highest BCUT2D eigenvalue weighted by molar-refractivity contribution is 9.10. The molecule has 0 unspecified atom stereocenters. The lowest BCUT2D eigenvalue weighted by Crippen LogP contribution is -2.03. The van der Waals surface area contributed by atoms with E-state index in [1.165, 1.54) is 0 Å². The van der Waals surface area contributed by atoms with E-state index in [9.17, 15) is 0 Å². The lowest BCUT2D eigenvalue weighted by Gasteiger charge is -2.12. The fourth-order valence-electron chi connectivity index (χ4n) is 1.77. The Morgan fingerprint density at radius 3 is 2.79 bits per heavy atom. The minimum Gasteiger partial charge on any atom is -0.494 e. The zero-order valence-electron chi connectivity index (χ0n) is 10.6. The predicted molar refractivity (Wildman–Crippen MR) is 84.1 cm³/mol. The average molecular weight is 341 g/mol. The second-order valence-electron chi connectivity index (χ2n) is 4.02. The van der Waals surface area contributed by atoms with Crippen molar-refractivity contribution in [3.63, 3.8) is 0 Å². The van der Waals surface area contributed by atoms with Gasteiger partial charge in [-0.25, -0.2) is 0 Å². The monoisotopic (exact) mass is 339 g/mol. The maximum absolute atomic E-state index is 6.15. The van der Waals surface area contributed by atoms with E-state index in [-0.39, 0.29) is 0 Å². The SMILES string of the molecule is CCOc1ccccc1CNc1cc(Br)ccc1Cl. The molecule has 100 valence electrons. The molecule has 0 heterocycles. The number of nitrogens with one attached hydrogen (secondary N) is 1. The summed E-state index contributed by atoms with van der Waals surface area (Å²) in [6, 6.07) is 13.7. The van der Waals surface area contributed by atoms with Crippen LogP contribution >= 0.6 is 27.5 Å². The van der Waals surface area contributed by atoms with Crippen molar-refractivity contribution in [1.82, 2.24) is 0 Å². The predicted octanol–water partition coefficient (Wildman–Crippen LogP) is 5.11. The summed E-state index contributed by atoms with van der Waals surface area (Å²) in [4.78, 5) is 0. The summed E-state index contributed by atoms with van der Waals surface area (Å²) in [5.74, 6) is 0.906. The highest BCUT2D eigenvalue weighted by atomic mass is 79.9. The van der Waals surface area contributed by atoms with Crippen molar-refractivity contribution in [2.24, 2.45) is 0 Å². The number of hydrogen-bond donors (Lipinski definition) is 1. The van der Waals surface area contributed by atoms with Gasteiger partial charge in [0, 0.05) is 16.6 Å². The van der Waals surface area contributed by atoms with Gasteiger partial charge < -0.3 is 10.1 Å². The first-order valence-electron chi connectivity index (χ1n) is 6.10. The molecule has 2 nitrogen and oxygen atoms in total. The summed E-state index contributed by atoms with van der Waals surface area (Å²) in [6.45, 7) is 3.32. The maximum atomic E-state index is 6.15. The van der Waals surface area contributed by atoms with E-state index in [2.05, 4.69) is 21.2 Å². The topological polar surface area (TPSA) is 21.3 Å². The number of benzene rings is 2. The Bertz CT molecular complexity index is 560. The van der Waals surface area contributed by atoms with E-state index >= 15 is 0 Å². The third-order valence-electron chi connectivity index (χ3n) is 2.67. The van der Waals surface area contributed by atoms with E-state index in [1.807, 2.05) is 49.4 Å². The van der Waals surface area contributed by atoms with E-state index in [1.54, 1.807) is 0 Å². The van der Waals surface area contributed by atoms with Crippen molar-refractivity contribution < 1.29 is 4.74 Å². The molecule has 2 aromatic carbocycles. The fraction of sp³-hybridized carbons (Fsp3) is 0.200. The van der Waals surface area contributed by atoms with E-state index in [0.29, 0.717) is 18.2 Å². The van der Waals surface area contributed by atoms with Crippen molar-refractivity contribution in [3.8, 4) is 5.75 Å². The van der Waals surface area contributed by atoms with Gasteiger partial charge in [0.2, 0.25) is 0 Å². The first-order chi connectivity index (χ1) is 9.20. The fourth-order valence-corrected chi connectivity index (χ4v) is 2.32. The molecule has 2 aromatic rings. The largest absolute Gasteiger partial charge is 0.494 e. The van der Waals surface area contributed by atoms with E-state index in [0.717, 1.165) is 21.5 Å². The van der Waals surface area contributed by atoms with Crippen molar-refractivity contribution in [3.05, 3.63) is 57.5 Å². The molecule has 0 radical (unpaired) electrons. The first kappa shape index (κ1) is 14.2. The number of anilines is 1. The molecule has 0 saturated heterocycles. The molecule has 0 atom stereocenters. The molecule has 0 aromatic heterocycles. The summed E-state index contributed by atoms with van der Waals surface area (Å²) < 4.78 is 6.59.